The number of amides is 2. The van der Waals surface area contributed by atoms with Crippen LogP contribution in [-0.4, -0.2) is 268 Å². The lowest BCUT2D eigenvalue weighted by Gasteiger charge is -2.47. The summed E-state index contributed by atoms with van der Waals surface area (Å²) in [5, 5.41) is 119. The van der Waals surface area contributed by atoms with Crippen molar-refractivity contribution in [3.05, 3.63) is 132 Å². The molecule has 0 aromatic heterocycles. The number of fused-ring (bicyclic) bond motifs is 6. The monoisotopic (exact) mass is 1520 g/mol. The number of nitrogens with zero attached hydrogens (tertiary/aromatic N) is 2. The van der Waals surface area contributed by atoms with Gasteiger partial charge in [0.2, 0.25) is 17.5 Å². The van der Waals surface area contributed by atoms with Crippen molar-refractivity contribution in [3.63, 3.8) is 0 Å². The minimum absolute atomic E-state index is 0.0504. The van der Waals surface area contributed by atoms with Gasteiger partial charge in [-0.3, -0.25) is 9.59 Å². The zero-order chi connectivity index (χ0) is 76.9. The van der Waals surface area contributed by atoms with E-state index in [4.69, 9.17) is 42.6 Å². The number of aliphatic hydroxyl groups excluding tert-OH is 10. The minimum Gasteiger partial charge on any atom is -0.396 e. The van der Waals surface area contributed by atoms with Gasteiger partial charge in [0.05, 0.1) is 49.7 Å². The average molecular weight is 1520 g/mol. The number of carbonyl (C=O) groups excluding carboxylic acids is 2. The quantitative estimate of drug-likeness (QED) is 0.0173. The summed E-state index contributed by atoms with van der Waals surface area (Å²) in [6.45, 7) is 10.3. The lowest BCUT2D eigenvalue weighted by atomic mass is 9.79. The van der Waals surface area contributed by atoms with E-state index in [9.17, 15) is 60.7 Å². The molecule has 12 fully saturated rings. The summed E-state index contributed by atoms with van der Waals surface area (Å²) in [7, 11) is 0. The van der Waals surface area contributed by atoms with Gasteiger partial charge < -0.3 is 109 Å². The maximum absolute atomic E-state index is 13.2. The molecule has 4 aromatic rings. The molecule has 2 amide bonds. The molecule has 598 valence electrons. The minimum atomic E-state index is -1.44. The Labute approximate surface area is 639 Å². The zero-order valence-electron chi connectivity index (χ0n) is 63.5. The number of hydrogen-bond donors (Lipinski definition) is 12. The smallest absolute Gasteiger partial charge is 0.219 e. The van der Waals surface area contributed by atoms with Crippen molar-refractivity contribution in [2.24, 2.45) is 5.92 Å². The number of allylic oxidation sites excluding steroid dienone is 8. The Morgan fingerprint density at radius 3 is 1.77 bits per heavy atom. The Morgan fingerprint density at radius 2 is 1.09 bits per heavy atom. The second-order valence-electron chi connectivity index (χ2n) is 31.5. The summed E-state index contributed by atoms with van der Waals surface area (Å²) in [5.74, 6) is -0.633. The van der Waals surface area contributed by atoms with Crippen molar-refractivity contribution < 1.29 is 108 Å². The highest BCUT2D eigenvalue weighted by Crippen LogP contribution is 2.51. The summed E-state index contributed by atoms with van der Waals surface area (Å²) in [5.41, 5.74) is 6.70. The molecule has 13 heterocycles. The van der Waals surface area contributed by atoms with E-state index in [1.54, 1.807) is 0 Å². The maximum Gasteiger partial charge on any atom is 0.219 e. The van der Waals surface area contributed by atoms with Gasteiger partial charge in [-0.2, -0.15) is 4.58 Å². The number of unbranched alkanes of at least 4 members (excludes halogenated alkanes) is 4. The van der Waals surface area contributed by atoms with Crippen LogP contribution in [0.1, 0.15) is 135 Å². The van der Waals surface area contributed by atoms with Crippen LogP contribution in [0.15, 0.2) is 121 Å². The van der Waals surface area contributed by atoms with Gasteiger partial charge in [0, 0.05) is 112 Å². The van der Waals surface area contributed by atoms with Crippen LogP contribution < -0.4 is 15.5 Å². The van der Waals surface area contributed by atoms with Crippen LogP contribution in [-0.2, 0) is 63.1 Å². The molecule has 18 rings (SSSR count). The van der Waals surface area contributed by atoms with E-state index >= 15 is 0 Å². The van der Waals surface area contributed by atoms with Crippen molar-refractivity contribution >= 4 is 50.4 Å². The van der Waals surface area contributed by atoms with E-state index in [0.29, 0.717) is 77.3 Å². The van der Waals surface area contributed by atoms with Gasteiger partial charge in [0.15, 0.2) is 12.0 Å². The fourth-order valence-electron chi connectivity index (χ4n) is 17.8. The third-order valence-electron chi connectivity index (χ3n) is 23.4. The van der Waals surface area contributed by atoms with Crippen LogP contribution in [0.25, 0.3) is 21.5 Å². The Morgan fingerprint density at radius 1 is 0.532 bits per heavy atom. The predicted octanol–water partition coefficient (Wildman–Crippen LogP) is 5.53. The highest BCUT2D eigenvalue weighted by Gasteiger charge is 2.55. The van der Waals surface area contributed by atoms with E-state index in [0.717, 1.165) is 38.8 Å². The first kappa shape index (κ1) is 82.5. The first-order valence-corrected chi connectivity index (χ1v) is 39.8. The highest BCUT2D eigenvalue weighted by atomic mass is 16.7. The number of carbonyl (C=O) groups is 2. The van der Waals surface area contributed by atoms with E-state index in [-0.39, 0.29) is 62.1 Å². The molecule has 25 nitrogen and oxygen atoms in total. The van der Waals surface area contributed by atoms with E-state index in [2.05, 4.69) is 163 Å². The molecule has 14 aliphatic rings. The van der Waals surface area contributed by atoms with E-state index in [1.807, 2.05) is 0 Å². The van der Waals surface area contributed by atoms with Crippen LogP contribution >= 0.6 is 0 Å². The Bertz CT molecular complexity index is 3820. The van der Waals surface area contributed by atoms with Gasteiger partial charge in [0.1, 0.15) is 92.0 Å². The summed E-state index contributed by atoms with van der Waals surface area (Å²) < 4.78 is 57.4. The summed E-state index contributed by atoms with van der Waals surface area (Å²) in [6.07, 6.45) is 2.56. The average Bonchev–Trinajstić information content (AvgIpc) is 1.58. The highest BCUT2D eigenvalue weighted by molar-refractivity contribution is 6.07. The molecular weight excluding hydrogens is 1400 g/mol. The lowest BCUT2D eigenvalue weighted by Crippen LogP contribution is -2.65. The molecule has 0 spiro atoms. The van der Waals surface area contributed by atoms with Gasteiger partial charge in [0.25, 0.3) is 0 Å². The molecule has 1 aliphatic carbocycles. The third-order valence-corrected chi connectivity index (χ3v) is 23.4. The second kappa shape index (κ2) is 38.2. The second-order valence-corrected chi connectivity index (χ2v) is 31.5. The molecule has 8 bridgehead atoms. The first-order valence-electron chi connectivity index (χ1n) is 39.8. The third kappa shape index (κ3) is 18.6. The number of aliphatic hydroxyl groups is 10. The number of rotatable bonds is 30. The topological polar surface area (TPSA) is 350 Å². The summed E-state index contributed by atoms with van der Waals surface area (Å²) in [4.78, 5) is 28.9. The fourth-order valence-corrected chi connectivity index (χ4v) is 17.8. The van der Waals surface area contributed by atoms with E-state index < -0.39 is 142 Å². The van der Waals surface area contributed by atoms with Gasteiger partial charge in [-0.25, -0.2) is 0 Å². The molecule has 12 N–H and O–H groups in total. The van der Waals surface area contributed by atoms with Crippen LogP contribution in [0.3, 0.4) is 0 Å². The first-order chi connectivity index (χ1) is 52.8. The van der Waals surface area contributed by atoms with Crippen LogP contribution in [0.4, 0.5) is 11.4 Å². The van der Waals surface area contributed by atoms with Crippen molar-refractivity contribution in [3.8, 4) is 0 Å². The molecule has 1 saturated carbocycles. The molecule has 2 unspecified atom stereocenters. The van der Waals surface area contributed by atoms with Crippen LogP contribution in [0.5, 0.6) is 0 Å². The van der Waals surface area contributed by atoms with Crippen molar-refractivity contribution in [2.45, 2.75) is 251 Å². The van der Waals surface area contributed by atoms with E-state index in [1.165, 1.54) is 55.5 Å². The van der Waals surface area contributed by atoms with Gasteiger partial charge in [-0.1, -0.05) is 105 Å². The molecule has 109 heavy (non-hydrogen) atoms. The largest absolute Gasteiger partial charge is 0.396 e. The normalized spacial score (nSPS) is 32.9. The van der Waals surface area contributed by atoms with Crippen LogP contribution in [0, 0.1) is 5.92 Å². The number of anilines is 1. The fraction of sp³-hybridized carbons (Fsp3) is 0.631. The SMILES string of the molecule is CC1(C)C(/C=C/C=C/C=C/C=C2/N(CCCCCC(=O)NCCCO[C@@H]3[C@@H](O)[C@@H]4OC5C[C@H](CO)[C@@H](OCCC[C@H]3O[C@@H]4CO)[C@H](O)[C@H]5O)c3ccc4ccccc4c3C2(C)C)=[N+](CCCCCC(=O)NCCCO[C@H]2[C@H]3OC4[C@@H](CO)O[C@H](CCCO[C@@H]([C@@H]2O)[C@@H](CO)O3)[C@H](O)[C@H]4O)c2ccc3ccccc3c21. The number of ether oxygens (including phenoxy) is 9. The molecule has 13 aliphatic heterocycles. The summed E-state index contributed by atoms with van der Waals surface area (Å²) >= 11 is 0. The molecule has 4 aromatic carbocycles. The Kier molecular flexibility index (Phi) is 28.9. The number of hydrogen-bond acceptors (Lipinski definition) is 22. The van der Waals surface area contributed by atoms with Gasteiger partial charge in [-0.15, -0.1) is 0 Å². The van der Waals surface area contributed by atoms with Gasteiger partial charge >= 0.3 is 0 Å². The summed E-state index contributed by atoms with van der Waals surface area (Å²) in [6, 6.07) is 26.0. The van der Waals surface area contributed by atoms with Gasteiger partial charge in [-0.05, 0) is 130 Å². The standard InChI is InChI=1S/C84H116N4O21/c1-83(2)64(87(56-36-34-51-24-14-16-26-54(51)68(56)83)40-18-8-12-32-66(93)85-38-22-44-103-77-59-29-21-42-101-76-53(47-89)46-60(71(96)72(76)97)107-80(74(77)99)63(50-92)106-59)30-10-6-5-7-11-31-65-84(3,4)69-55-27-17-15-25-52(55)35-37-57(69)88(65)41-19-9-13-33-67(94)86-39-23-45-104-81-75(100)78-61(48-90)108-82(81)109-79-62(49-91)105-58(28-20-43-102-78)70(95)73(79)98/h5-7,10-11,14-17,24-27,30-31,34-37,53,58-63,70-82,89-92,95-100H,8-9,12-13,18-23,28-29,32-33,38-50H2,1-4H3,(H-,85,86,93,94)/p+1/t53-,58-,59-,60?,61-,62-,63-,70+,71+,72-,73-,74-,75+,76-,77+,78-,79?,80-,81-,82-/m1/s1. The predicted molar refractivity (Wildman–Crippen MR) is 408 cm³/mol. The van der Waals surface area contributed by atoms with Crippen molar-refractivity contribution in [1.29, 1.82) is 0 Å². The molecular formula is C84H117N4O21+. The number of nitrogens with one attached hydrogen (secondary N) is 2. The number of benzene rings is 4. The molecule has 0 radical (unpaired) electrons. The van der Waals surface area contributed by atoms with Crippen molar-refractivity contribution in [2.75, 3.05) is 83.9 Å². The zero-order valence-corrected chi connectivity index (χ0v) is 63.5. The van der Waals surface area contributed by atoms with Crippen LogP contribution in [0.2, 0.25) is 0 Å². The molecule has 25 heteroatoms. The Hall–Kier alpha value is -5.99. The molecule has 11 saturated heterocycles. The maximum atomic E-state index is 13.2. The van der Waals surface area contributed by atoms with Crippen molar-refractivity contribution in [1.82, 2.24) is 10.6 Å². The lowest BCUT2D eigenvalue weighted by molar-refractivity contribution is -0.438. The molecule has 20 atom stereocenters. The Balaban J connectivity index is 0.618.